The van der Waals surface area contributed by atoms with Crippen molar-refractivity contribution >= 4 is 17.5 Å². The highest BCUT2D eigenvalue weighted by Crippen LogP contribution is 2.10. The van der Waals surface area contributed by atoms with E-state index in [-0.39, 0.29) is 11.8 Å². The van der Waals surface area contributed by atoms with Gasteiger partial charge in [-0.05, 0) is 38.2 Å². The number of amides is 2. The number of nitrogens with zero attached hydrogens (tertiary/aromatic N) is 1. The topological polar surface area (TPSA) is 61.4 Å². The Morgan fingerprint density at radius 3 is 2.45 bits per heavy atom. The molecule has 1 rings (SSSR count). The van der Waals surface area contributed by atoms with Crippen molar-refractivity contribution in [2.45, 2.75) is 20.8 Å². The Morgan fingerprint density at radius 1 is 1.15 bits per heavy atom. The van der Waals surface area contributed by atoms with E-state index in [1.54, 1.807) is 24.3 Å². The first kappa shape index (κ1) is 16.2. The Balaban J connectivity index is 2.66. The standard InChI is InChI=1S/C15H23N3O2/c1-4-16-15(20)12-8-7-9-13(10-12)17-14(19)11-18(5-2)6-3/h7-10H,4-6,11H2,1-3H3,(H,16,20)(H,17,19). The second-order valence-corrected chi connectivity index (χ2v) is 4.45. The van der Waals surface area contributed by atoms with Crippen LogP contribution in [0.2, 0.25) is 0 Å². The van der Waals surface area contributed by atoms with E-state index >= 15 is 0 Å². The molecular weight excluding hydrogens is 254 g/mol. The van der Waals surface area contributed by atoms with E-state index in [4.69, 9.17) is 0 Å². The lowest BCUT2D eigenvalue weighted by atomic mass is 10.2. The third-order valence-electron chi connectivity index (χ3n) is 3.01. The minimum absolute atomic E-state index is 0.0678. The summed E-state index contributed by atoms with van der Waals surface area (Å²) in [6, 6.07) is 6.95. The van der Waals surface area contributed by atoms with E-state index in [9.17, 15) is 9.59 Å². The summed E-state index contributed by atoms with van der Waals surface area (Å²) < 4.78 is 0. The van der Waals surface area contributed by atoms with Crippen molar-refractivity contribution in [1.29, 1.82) is 0 Å². The third-order valence-corrected chi connectivity index (χ3v) is 3.01. The average molecular weight is 277 g/mol. The second-order valence-electron chi connectivity index (χ2n) is 4.45. The highest BCUT2D eigenvalue weighted by atomic mass is 16.2. The zero-order valence-corrected chi connectivity index (χ0v) is 12.4. The number of hydrogen-bond acceptors (Lipinski definition) is 3. The molecule has 1 aromatic carbocycles. The maximum atomic E-state index is 11.9. The van der Waals surface area contributed by atoms with Crippen LogP contribution in [-0.2, 0) is 4.79 Å². The Hall–Kier alpha value is -1.88. The molecule has 0 spiro atoms. The lowest BCUT2D eigenvalue weighted by molar-refractivity contribution is -0.117. The Kier molecular flexibility index (Phi) is 6.73. The van der Waals surface area contributed by atoms with Crippen LogP contribution < -0.4 is 10.6 Å². The van der Waals surface area contributed by atoms with Crippen LogP contribution in [0.1, 0.15) is 31.1 Å². The monoisotopic (exact) mass is 277 g/mol. The first-order valence-corrected chi connectivity index (χ1v) is 7.01. The molecule has 0 aromatic heterocycles. The van der Waals surface area contributed by atoms with Gasteiger partial charge >= 0.3 is 0 Å². The first-order chi connectivity index (χ1) is 9.60. The molecule has 5 nitrogen and oxygen atoms in total. The molecule has 5 heteroatoms. The van der Waals surface area contributed by atoms with E-state index in [2.05, 4.69) is 10.6 Å². The number of carbonyl (C=O) groups is 2. The lowest BCUT2D eigenvalue weighted by Gasteiger charge is -2.17. The molecule has 0 unspecified atom stereocenters. The molecule has 2 amide bonds. The van der Waals surface area contributed by atoms with Gasteiger partial charge in [-0.3, -0.25) is 14.5 Å². The first-order valence-electron chi connectivity index (χ1n) is 7.01. The number of hydrogen-bond donors (Lipinski definition) is 2. The number of rotatable bonds is 7. The Morgan fingerprint density at radius 2 is 1.85 bits per heavy atom. The third kappa shape index (κ3) is 5.01. The molecule has 0 radical (unpaired) electrons. The zero-order chi connectivity index (χ0) is 15.0. The predicted octanol–water partition coefficient (Wildman–Crippen LogP) is 1.72. The summed E-state index contributed by atoms with van der Waals surface area (Å²) in [5, 5.41) is 5.55. The Bertz CT molecular complexity index is 456. The largest absolute Gasteiger partial charge is 0.352 e. The van der Waals surface area contributed by atoms with E-state index in [0.717, 1.165) is 13.1 Å². The molecule has 1 aromatic rings. The molecule has 0 saturated carbocycles. The van der Waals surface area contributed by atoms with Gasteiger partial charge in [0, 0.05) is 17.8 Å². The van der Waals surface area contributed by atoms with Crippen LogP contribution in [-0.4, -0.2) is 42.9 Å². The molecule has 0 fully saturated rings. The molecule has 0 bridgehead atoms. The highest BCUT2D eigenvalue weighted by molar-refractivity contribution is 5.97. The van der Waals surface area contributed by atoms with Crippen LogP contribution in [0, 0.1) is 0 Å². The van der Waals surface area contributed by atoms with E-state index in [1.165, 1.54) is 0 Å². The van der Waals surface area contributed by atoms with Gasteiger partial charge in [-0.25, -0.2) is 0 Å². The molecule has 0 aliphatic rings. The van der Waals surface area contributed by atoms with Crippen molar-refractivity contribution in [3.05, 3.63) is 29.8 Å². The predicted molar refractivity (Wildman–Crippen MR) is 80.9 cm³/mol. The summed E-state index contributed by atoms with van der Waals surface area (Å²) in [7, 11) is 0. The Labute approximate surface area is 120 Å². The van der Waals surface area contributed by atoms with Gasteiger partial charge in [-0.1, -0.05) is 19.9 Å². The molecule has 0 aliphatic carbocycles. The van der Waals surface area contributed by atoms with Gasteiger partial charge in [0.05, 0.1) is 6.54 Å². The fraction of sp³-hybridized carbons (Fsp3) is 0.467. The molecule has 0 saturated heterocycles. The molecule has 110 valence electrons. The average Bonchev–Trinajstić information content (AvgIpc) is 2.45. The minimum atomic E-state index is -0.132. The maximum absolute atomic E-state index is 11.9. The van der Waals surface area contributed by atoms with E-state index in [0.29, 0.717) is 24.3 Å². The van der Waals surface area contributed by atoms with Crippen LogP contribution in [0.5, 0.6) is 0 Å². The molecule has 0 aliphatic heterocycles. The molecule has 20 heavy (non-hydrogen) atoms. The van der Waals surface area contributed by atoms with Crippen molar-refractivity contribution < 1.29 is 9.59 Å². The maximum Gasteiger partial charge on any atom is 0.251 e. The number of benzene rings is 1. The fourth-order valence-corrected chi connectivity index (χ4v) is 1.85. The van der Waals surface area contributed by atoms with Gasteiger partial charge in [0.2, 0.25) is 5.91 Å². The van der Waals surface area contributed by atoms with Crippen LogP contribution in [0.3, 0.4) is 0 Å². The number of nitrogens with one attached hydrogen (secondary N) is 2. The van der Waals surface area contributed by atoms with Crippen molar-refractivity contribution in [3.8, 4) is 0 Å². The lowest BCUT2D eigenvalue weighted by Crippen LogP contribution is -2.33. The summed E-state index contributed by atoms with van der Waals surface area (Å²) in [6.07, 6.45) is 0. The normalized spacial score (nSPS) is 10.4. The van der Waals surface area contributed by atoms with Crippen LogP contribution in [0.15, 0.2) is 24.3 Å². The number of likely N-dealkylation sites (N-methyl/N-ethyl adjacent to an activating group) is 1. The van der Waals surface area contributed by atoms with Crippen molar-refractivity contribution in [2.75, 3.05) is 31.5 Å². The van der Waals surface area contributed by atoms with Crippen LogP contribution in [0.4, 0.5) is 5.69 Å². The van der Waals surface area contributed by atoms with Crippen LogP contribution >= 0.6 is 0 Å². The summed E-state index contributed by atoms with van der Waals surface area (Å²) in [5.41, 5.74) is 1.19. The van der Waals surface area contributed by atoms with Crippen molar-refractivity contribution in [1.82, 2.24) is 10.2 Å². The number of carbonyl (C=O) groups excluding carboxylic acids is 2. The highest BCUT2D eigenvalue weighted by Gasteiger charge is 2.09. The van der Waals surface area contributed by atoms with Crippen LogP contribution in [0.25, 0.3) is 0 Å². The van der Waals surface area contributed by atoms with Crippen molar-refractivity contribution in [3.63, 3.8) is 0 Å². The second kappa shape index (κ2) is 8.32. The van der Waals surface area contributed by atoms with E-state index < -0.39 is 0 Å². The van der Waals surface area contributed by atoms with Gasteiger partial charge in [0.1, 0.15) is 0 Å². The fourth-order valence-electron chi connectivity index (χ4n) is 1.85. The quantitative estimate of drug-likeness (QED) is 0.797. The minimum Gasteiger partial charge on any atom is -0.352 e. The molecule has 0 heterocycles. The van der Waals surface area contributed by atoms with Gasteiger partial charge in [0.15, 0.2) is 0 Å². The molecule has 0 atom stereocenters. The van der Waals surface area contributed by atoms with Gasteiger partial charge in [0.25, 0.3) is 5.91 Å². The molecular formula is C15H23N3O2. The molecule has 2 N–H and O–H groups in total. The van der Waals surface area contributed by atoms with E-state index in [1.807, 2.05) is 25.7 Å². The zero-order valence-electron chi connectivity index (χ0n) is 12.4. The number of anilines is 1. The summed E-state index contributed by atoms with van der Waals surface area (Å²) >= 11 is 0. The summed E-state index contributed by atoms with van der Waals surface area (Å²) in [6.45, 7) is 8.52. The summed E-state index contributed by atoms with van der Waals surface area (Å²) in [4.78, 5) is 25.6. The van der Waals surface area contributed by atoms with Crippen molar-refractivity contribution in [2.24, 2.45) is 0 Å². The smallest absolute Gasteiger partial charge is 0.251 e. The van der Waals surface area contributed by atoms with Gasteiger partial charge in [-0.2, -0.15) is 0 Å². The van der Waals surface area contributed by atoms with Gasteiger partial charge in [-0.15, -0.1) is 0 Å². The SMILES string of the molecule is CCNC(=O)c1cccc(NC(=O)CN(CC)CC)c1. The summed E-state index contributed by atoms with van der Waals surface area (Å²) in [5.74, 6) is -0.200. The van der Waals surface area contributed by atoms with Gasteiger partial charge < -0.3 is 10.6 Å².